The maximum atomic E-state index is 13.9. The fourth-order valence-corrected chi connectivity index (χ4v) is 9.18. The van der Waals surface area contributed by atoms with Crippen molar-refractivity contribution in [2.24, 2.45) is 17.3 Å². The smallest absolute Gasteiger partial charge is 0.407 e. The first-order chi connectivity index (χ1) is 29.3. The number of carbonyl (C=O) groups is 4. The van der Waals surface area contributed by atoms with Crippen LogP contribution in [0.2, 0.25) is 0 Å². The van der Waals surface area contributed by atoms with Gasteiger partial charge < -0.3 is 39.9 Å². The van der Waals surface area contributed by atoms with Gasteiger partial charge in [0.1, 0.15) is 23.7 Å². The highest BCUT2D eigenvalue weighted by Gasteiger charge is 2.55. The second kappa shape index (κ2) is 17.1. The van der Waals surface area contributed by atoms with Gasteiger partial charge in [-0.25, -0.2) is 19.6 Å². The largest absolute Gasteiger partial charge is 0.453 e. The second-order valence-corrected chi connectivity index (χ2v) is 17.7. The molecule has 2 saturated carbocycles. The minimum absolute atomic E-state index is 0.0773. The van der Waals surface area contributed by atoms with Gasteiger partial charge in [-0.3, -0.25) is 9.59 Å². The third kappa shape index (κ3) is 8.85. The minimum Gasteiger partial charge on any atom is -0.453 e. The molecule has 5 aromatic rings. The zero-order chi connectivity index (χ0) is 43.0. The van der Waals surface area contributed by atoms with Crippen molar-refractivity contribution in [1.82, 2.24) is 40.4 Å². The number of nitrogens with zero attached hydrogens (tertiary/aromatic N) is 4. The number of benzene rings is 3. The third-order valence-electron chi connectivity index (χ3n) is 13.0. The van der Waals surface area contributed by atoms with E-state index in [2.05, 4.69) is 93.2 Å². The van der Waals surface area contributed by atoms with E-state index < -0.39 is 24.3 Å². The van der Waals surface area contributed by atoms with E-state index in [0.717, 1.165) is 88.8 Å². The fourth-order valence-electron chi connectivity index (χ4n) is 9.18. The molecule has 3 fully saturated rings. The molecule has 2 aliphatic carbocycles. The Bertz CT molecular complexity index is 2420. The van der Waals surface area contributed by atoms with Gasteiger partial charge in [-0.1, -0.05) is 69.3 Å². The Morgan fingerprint density at radius 2 is 1.44 bits per heavy atom. The van der Waals surface area contributed by atoms with Crippen molar-refractivity contribution in [3.8, 4) is 33.6 Å². The number of nitrogens with one attached hydrogen (secondary N) is 4. The summed E-state index contributed by atoms with van der Waals surface area (Å²) in [6, 6.07) is 19.6. The molecule has 8 rings (SSSR count). The first-order valence-corrected chi connectivity index (χ1v) is 21.4. The molecule has 14 heteroatoms. The fraction of sp³-hybridized carbons (Fsp3) is 0.447. The summed E-state index contributed by atoms with van der Waals surface area (Å²) in [6.07, 6.45) is 8.30. The molecular formula is C47H56N8O6. The van der Waals surface area contributed by atoms with Gasteiger partial charge in [0.05, 0.1) is 50.6 Å². The maximum absolute atomic E-state index is 13.9. The lowest BCUT2D eigenvalue weighted by atomic mass is 9.98. The lowest BCUT2D eigenvalue weighted by molar-refractivity contribution is -0.136. The van der Waals surface area contributed by atoms with Crippen LogP contribution in [0.4, 0.5) is 9.59 Å². The van der Waals surface area contributed by atoms with E-state index in [9.17, 15) is 19.2 Å². The van der Waals surface area contributed by atoms with Crippen LogP contribution in [0.25, 0.3) is 44.4 Å². The van der Waals surface area contributed by atoms with Crippen molar-refractivity contribution >= 4 is 34.8 Å². The number of amides is 4. The van der Waals surface area contributed by atoms with Crippen LogP contribution in [-0.4, -0.2) is 92.6 Å². The standard InChI is InChI=1S/C47H56N8O6/c1-27(2)41(53-46(59)61-6)44(57)55-26-47(17-18-47)22-39(55)42-49-24-38(52-42)35-15-14-33-20-32(12-13-34(33)21-35)30-8-10-31(11-9-30)37-23-48-40(51-37)25-54(36-16-7-28(3)19-36)43(56)29(4)50-45(58)60-5/h8-15,20-21,23-24,27-29,36,39,41H,7,16-19,22,25-26H2,1-6H3,(H,48,51)(H,49,52)(H,50,58)(H,53,59)/t28?,29-,36?,39-,41-/m0/s1. The van der Waals surface area contributed by atoms with Gasteiger partial charge in [0.2, 0.25) is 11.8 Å². The van der Waals surface area contributed by atoms with E-state index in [-0.39, 0.29) is 35.2 Å². The molecule has 4 amide bonds. The molecule has 0 bridgehead atoms. The molecule has 1 aliphatic heterocycles. The molecule has 3 aromatic carbocycles. The summed E-state index contributed by atoms with van der Waals surface area (Å²) in [6.45, 7) is 8.71. The zero-order valence-electron chi connectivity index (χ0n) is 35.8. The van der Waals surface area contributed by atoms with Gasteiger partial charge in [-0.2, -0.15) is 0 Å². The summed E-state index contributed by atoms with van der Waals surface area (Å²) in [5.41, 5.74) is 6.02. The Balaban J connectivity index is 0.947. The number of hydrogen-bond donors (Lipinski definition) is 4. The molecule has 2 aromatic heterocycles. The summed E-state index contributed by atoms with van der Waals surface area (Å²) in [5, 5.41) is 7.57. The topological polar surface area (TPSA) is 175 Å². The number of carbonyl (C=O) groups excluding carboxylic acids is 4. The van der Waals surface area contributed by atoms with Gasteiger partial charge >= 0.3 is 12.2 Å². The predicted octanol–water partition coefficient (Wildman–Crippen LogP) is 7.98. The van der Waals surface area contributed by atoms with Crippen molar-refractivity contribution in [2.75, 3.05) is 20.8 Å². The van der Waals surface area contributed by atoms with Gasteiger partial charge in [0.15, 0.2) is 0 Å². The number of likely N-dealkylation sites (tertiary alicyclic amines) is 1. The van der Waals surface area contributed by atoms with Crippen molar-refractivity contribution < 1.29 is 28.7 Å². The third-order valence-corrected chi connectivity index (χ3v) is 13.0. The van der Waals surface area contributed by atoms with Crippen molar-refractivity contribution in [3.63, 3.8) is 0 Å². The van der Waals surface area contributed by atoms with Crippen LogP contribution in [0.15, 0.2) is 73.1 Å². The number of fused-ring (bicyclic) bond motifs is 1. The molecule has 1 saturated heterocycles. The first kappa shape index (κ1) is 41.5. The molecule has 0 radical (unpaired) electrons. The Kier molecular flexibility index (Phi) is 11.6. The van der Waals surface area contributed by atoms with Gasteiger partial charge in [0.25, 0.3) is 0 Å². The van der Waals surface area contributed by atoms with Crippen LogP contribution < -0.4 is 10.6 Å². The summed E-state index contributed by atoms with van der Waals surface area (Å²) in [7, 11) is 2.59. The molecule has 3 aliphatic rings. The number of aromatic nitrogens is 4. The van der Waals surface area contributed by atoms with E-state index in [1.807, 2.05) is 29.8 Å². The summed E-state index contributed by atoms with van der Waals surface area (Å²) >= 11 is 0. The number of ether oxygens (including phenoxy) is 2. The maximum Gasteiger partial charge on any atom is 0.407 e. The van der Waals surface area contributed by atoms with Crippen LogP contribution in [0, 0.1) is 17.3 Å². The lowest BCUT2D eigenvalue weighted by Crippen LogP contribution is -2.51. The number of rotatable bonds is 12. The zero-order valence-corrected chi connectivity index (χ0v) is 35.8. The Morgan fingerprint density at radius 1 is 0.820 bits per heavy atom. The van der Waals surface area contributed by atoms with Crippen molar-refractivity contribution in [3.05, 3.63) is 84.7 Å². The van der Waals surface area contributed by atoms with E-state index in [1.54, 1.807) is 13.1 Å². The normalized spacial score (nSPS) is 20.1. The van der Waals surface area contributed by atoms with E-state index in [4.69, 9.17) is 14.5 Å². The molecular weight excluding hydrogens is 773 g/mol. The Labute approximate surface area is 356 Å². The molecule has 14 nitrogen and oxygen atoms in total. The van der Waals surface area contributed by atoms with Gasteiger partial charge in [-0.05, 0) is 102 Å². The van der Waals surface area contributed by atoms with Gasteiger partial charge in [-0.15, -0.1) is 0 Å². The Morgan fingerprint density at radius 3 is 2.10 bits per heavy atom. The first-order valence-electron chi connectivity index (χ1n) is 21.4. The molecule has 4 N–H and O–H groups in total. The van der Waals surface area contributed by atoms with Crippen LogP contribution in [-0.2, 0) is 25.6 Å². The number of methoxy groups -OCH3 is 2. The van der Waals surface area contributed by atoms with Crippen molar-refractivity contribution in [1.29, 1.82) is 0 Å². The summed E-state index contributed by atoms with van der Waals surface area (Å²) < 4.78 is 9.55. The number of aromatic amines is 2. The Hall–Kier alpha value is -6.18. The van der Waals surface area contributed by atoms with E-state index in [0.29, 0.717) is 24.8 Å². The van der Waals surface area contributed by atoms with Crippen molar-refractivity contribution in [2.45, 2.75) is 96.9 Å². The average Bonchev–Trinajstić information content (AvgIpc) is 3.75. The molecule has 5 atom stereocenters. The van der Waals surface area contributed by atoms with Gasteiger partial charge in [0, 0.05) is 18.2 Å². The predicted molar refractivity (Wildman–Crippen MR) is 232 cm³/mol. The molecule has 3 heterocycles. The molecule has 320 valence electrons. The highest BCUT2D eigenvalue weighted by molar-refractivity contribution is 5.91. The molecule has 61 heavy (non-hydrogen) atoms. The van der Waals surface area contributed by atoms with Crippen LogP contribution in [0.1, 0.15) is 83.9 Å². The number of H-pyrrole nitrogens is 2. The lowest BCUT2D eigenvalue weighted by Gasteiger charge is -2.31. The number of imidazole rings is 2. The van der Waals surface area contributed by atoms with Crippen LogP contribution in [0.3, 0.4) is 0 Å². The highest BCUT2D eigenvalue weighted by atomic mass is 16.5. The van der Waals surface area contributed by atoms with E-state index in [1.165, 1.54) is 14.2 Å². The van der Waals surface area contributed by atoms with E-state index >= 15 is 0 Å². The SMILES string of the molecule is COC(=O)N[C@@H](C)C(=O)N(Cc1ncc(-c2ccc(-c3ccc4cc(-c5cnc([C@@H]6CC7(CC7)CN6C(=O)[C@@H](NC(=O)OC)C(C)C)[nH]5)ccc4c3)cc2)[nH]1)C1CCC(C)C1. The average molecular weight is 829 g/mol. The minimum atomic E-state index is -0.724. The molecule has 1 spiro atoms. The summed E-state index contributed by atoms with van der Waals surface area (Å²) in [4.78, 5) is 71.6. The molecule has 2 unspecified atom stereocenters. The second-order valence-electron chi connectivity index (χ2n) is 17.7. The van der Waals surface area contributed by atoms with Crippen LogP contribution in [0.5, 0.6) is 0 Å². The number of alkyl carbamates (subject to hydrolysis) is 2. The van der Waals surface area contributed by atoms with Crippen LogP contribution >= 0.6 is 0 Å². The summed E-state index contributed by atoms with van der Waals surface area (Å²) in [5.74, 6) is 1.60. The quantitative estimate of drug-likeness (QED) is 0.0979. The number of hydrogen-bond acceptors (Lipinski definition) is 8. The highest BCUT2D eigenvalue weighted by Crippen LogP contribution is 2.58. The monoisotopic (exact) mass is 828 g/mol.